The fourth-order valence-electron chi connectivity index (χ4n) is 0.472. The van der Waals surface area contributed by atoms with Crippen LogP contribution >= 0.6 is 0 Å². The molecule has 2 nitrogen and oxygen atoms in total. The van der Waals surface area contributed by atoms with E-state index in [1.807, 2.05) is 32.1 Å². The third-order valence-corrected chi connectivity index (χ3v) is 0.835. The molecule has 0 aliphatic rings. The summed E-state index contributed by atoms with van der Waals surface area (Å²) in [5.74, 6) is 0. The predicted molar refractivity (Wildman–Crippen MR) is 42.7 cm³/mol. The maximum Gasteiger partial charge on any atom is 0.0928 e. The van der Waals surface area contributed by atoms with Crippen molar-refractivity contribution in [1.29, 1.82) is 5.26 Å². The molecular weight excluding hydrogens is 124 g/mol. The van der Waals surface area contributed by atoms with Gasteiger partial charge in [-0.1, -0.05) is 6.08 Å². The zero-order chi connectivity index (χ0) is 7.82. The lowest BCUT2D eigenvalue weighted by atomic mass is 10.4. The molecule has 0 fully saturated rings. The van der Waals surface area contributed by atoms with Gasteiger partial charge in [0.05, 0.1) is 6.07 Å². The number of hydrogen-bond acceptors (Lipinski definition) is 2. The fourth-order valence-corrected chi connectivity index (χ4v) is 0.472. The number of hydrogen-bond donors (Lipinski definition) is 0. The molecule has 0 aromatic carbocycles. The molecule has 0 aromatic rings. The summed E-state index contributed by atoms with van der Waals surface area (Å²) < 4.78 is 0. The van der Waals surface area contributed by atoms with Crippen molar-refractivity contribution in [2.75, 3.05) is 0 Å². The highest BCUT2D eigenvalue weighted by molar-refractivity contribution is 5.93. The third-order valence-electron chi connectivity index (χ3n) is 0.835. The molecule has 52 valence electrons. The van der Waals surface area contributed by atoms with Crippen LogP contribution in [-0.2, 0) is 0 Å². The molecule has 0 amide bonds. The Kier molecular flexibility index (Phi) is 4.99. The highest BCUT2D eigenvalue weighted by Crippen LogP contribution is 1.82. The van der Waals surface area contributed by atoms with Gasteiger partial charge in [0, 0.05) is 18.0 Å². The van der Waals surface area contributed by atoms with Crippen molar-refractivity contribution in [3.63, 3.8) is 0 Å². The van der Waals surface area contributed by atoms with Crippen LogP contribution in [0.25, 0.3) is 0 Å². The van der Waals surface area contributed by atoms with Crippen molar-refractivity contribution in [2.45, 2.75) is 13.8 Å². The number of allylic oxidation sites excluding steroid dienone is 3. The summed E-state index contributed by atoms with van der Waals surface area (Å²) in [6.45, 7) is 3.80. The van der Waals surface area contributed by atoms with Gasteiger partial charge in [-0.05, 0) is 19.9 Å². The van der Waals surface area contributed by atoms with Crippen molar-refractivity contribution in [2.24, 2.45) is 4.99 Å². The maximum atomic E-state index is 8.08. The van der Waals surface area contributed by atoms with Gasteiger partial charge in [0.1, 0.15) is 0 Å². The number of nitrogens with zero attached hydrogens (tertiary/aromatic N) is 2. The van der Waals surface area contributed by atoms with Gasteiger partial charge >= 0.3 is 0 Å². The van der Waals surface area contributed by atoms with Crippen LogP contribution in [0, 0.1) is 11.3 Å². The van der Waals surface area contributed by atoms with Crippen molar-refractivity contribution in [3.8, 4) is 6.07 Å². The van der Waals surface area contributed by atoms with Crippen molar-refractivity contribution < 1.29 is 0 Å². The summed E-state index contributed by atoms with van der Waals surface area (Å²) >= 11 is 0. The van der Waals surface area contributed by atoms with Crippen molar-refractivity contribution in [1.82, 2.24) is 0 Å². The fraction of sp³-hybridized carbons (Fsp3) is 0.250. The number of nitriles is 1. The molecule has 0 heterocycles. The SMILES string of the molecule is C/C=C/C(C)=N\C=C\C#N. The average molecular weight is 134 g/mol. The minimum absolute atomic E-state index is 0.897. The van der Waals surface area contributed by atoms with E-state index in [1.54, 1.807) is 0 Å². The maximum absolute atomic E-state index is 8.08. The quantitative estimate of drug-likeness (QED) is 0.420. The normalized spacial score (nSPS) is 12.7. The van der Waals surface area contributed by atoms with E-state index in [0.29, 0.717) is 0 Å². The van der Waals surface area contributed by atoms with Crippen LogP contribution in [-0.4, -0.2) is 5.71 Å². The molecule has 0 rings (SSSR count). The summed E-state index contributed by atoms with van der Waals surface area (Å²) in [5.41, 5.74) is 0.897. The van der Waals surface area contributed by atoms with E-state index in [-0.39, 0.29) is 0 Å². The molecule has 0 bridgehead atoms. The van der Waals surface area contributed by atoms with Crippen molar-refractivity contribution >= 4 is 5.71 Å². The van der Waals surface area contributed by atoms with Crippen molar-refractivity contribution in [3.05, 3.63) is 24.4 Å². The molecule has 2 heteroatoms. The second kappa shape index (κ2) is 5.77. The minimum atomic E-state index is 0.897. The Balaban J connectivity index is 3.94. The third kappa shape index (κ3) is 4.79. The van der Waals surface area contributed by atoms with Crippen LogP contribution in [0.15, 0.2) is 29.4 Å². The second-order valence-electron chi connectivity index (χ2n) is 1.72. The first-order valence-corrected chi connectivity index (χ1v) is 3.03. The Hall–Kier alpha value is -1.36. The first kappa shape index (κ1) is 8.64. The molecule has 0 atom stereocenters. The molecule has 0 aromatic heterocycles. The van der Waals surface area contributed by atoms with Gasteiger partial charge in [0.15, 0.2) is 0 Å². The predicted octanol–water partition coefficient (Wildman–Crippen LogP) is 2.06. The lowest BCUT2D eigenvalue weighted by molar-refractivity contribution is 1.50. The molecule has 0 saturated heterocycles. The zero-order valence-electron chi connectivity index (χ0n) is 6.20. The Bertz CT molecular complexity index is 204. The lowest BCUT2D eigenvalue weighted by Crippen LogP contribution is -1.79. The van der Waals surface area contributed by atoms with Gasteiger partial charge < -0.3 is 0 Å². The van der Waals surface area contributed by atoms with Gasteiger partial charge in [0.25, 0.3) is 0 Å². The van der Waals surface area contributed by atoms with Crippen LogP contribution < -0.4 is 0 Å². The molecule has 10 heavy (non-hydrogen) atoms. The lowest BCUT2D eigenvalue weighted by Gasteiger charge is -1.82. The van der Waals surface area contributed by atoms with Crippen LogP contribution in [0.2, 0.25) is 0 Å². The Morgan fingerprint density at radius 2 is 2.30 bits per heavy atom. The molecule has 0 saturated carbocycles. The first-order chi connectivity index (χ1) is 4.81. The first-order valence-electron chi connectivity index (χ1n) is 3.03. The summed E-state index contributed by atoms with van der Waals surface area (Å²) in [5, 5.41) is 8.08. The van der Waals surface area contributed by atoms with Gasteiger partial charge in [0.2, 0.25) is 0 Å². The van der Waals surface area contributed by atoms with Crippen LogP contribution in [0.4, 0.5) is 0 Å². The van der Waals surface area contributed by atoms with E-state index in [2.05, 4.69) is 4.99 Å². The molecule has 0 spiro atoms. The summed E-state index contributed by atoms with van der Waals surface area (Å²) in [7, 11) is 0. The van der Waals surface area contributed by atoms with Crippen LogP contribution in [0.3, 0.4) is 0 Å². The van der Waals surface area contributed by atoms with E-state index in [1.165, 1.54) is 12.3 Å². The van der Waals surface area contributed by atoms with E-state index in [4.69, 9.17) is 5.26 Å². The second-order valence-corrected chi connectivity index (χ2v) is 1.72. The average Bonchev–Trinajstić information content (AvgIpc) is 1.89. The molecule has 0 unspecified atom stereocenters. The summed E-state index contributed by atoms with van der Waals surface area (Å²) in [6.07, 6.45) is 6.60. The molecule has 0 radical (unpaired) electrons. The molecule has 0 aliphatic heterocycles. The Morgan fingerprint density at radius 3 is 2.80 bits per heavy atom. The van der Waals surface area contributed by atoms with E-state index in [9.17, 15) is 0 Å². The molecule has 0 N–H and O–H groups in total. The van der Waals surface area contributed by atoms with E-state index >= 15 is 0 Å². The Labute approximate surface area is 61.2 Å². The van der Waals surface area contributed by atoms with Crippen LogP contribution in [0.1, 0.15) is 13.8 Å². The van der Waals surface area contributed by atoms with Gasteiger partial charge in [-0.25, -0.2) is 0 Å². The smallest absolute Gasteiger partial charge is 0.0928 e. The van der Waals surface area contributed by atoms with Gasteiger partial charge in [-0.2, -0.15) is 5.26 Å². The molecular formula is C8H10N2. The van der Waals surface area contributed by atoms with Crippen LogP contribution in [0.5, 0.6) is 0 Å². The minimum Gasteiger partial charge on any atom is -0.261 e. The highest BCUT2D eigenvalue weighted by atomic mass is 14.7. The Morgan fingerprint density at radius 1 is 1.60 bits per heavy atom. The summed E-state index contributed by atoms with van der Waals surface area (Å²) in [6, 6.07) is 1.85. The van der Waals surface area contributed by atoms with E-state index < -0.39 is 0 Å². The summed E-state index contributed by atoms with van der Waals surface area (Å²) in [4.78, 5) is 3.93. The molecule has 0 aliphatic carbocycles. The zero-order valence-corrected chi connectivity index (χ0v) is 6.20. The number of rotatable bonds is 2. The van der Waals surface area contributed by atoms with E-state index in [0.717, 1.165) is 5.71 Å². The van der Waals surface area contributed by atoms with Gasteiger partial charge in [-0.15, -0.1) is 0 Å². The van der Waals surface area contributed by atoms with Gasteiger partial charge in [-0.3, -0.25) is 4.99 Å². The standard InChI is InChI=1S/C8H10N2/c1-3-5-8(2)10-7-4-6-9/h3-5,7H,1-2H3/b5-3+,7-4+,10-8-. The topological polar surface area (TPSA) is 36.1 Å². The largest absolute Gasteiger partial charge is 0.261 e. The highest BCUT2D eigenvalue weighted by Gasteiger charge is 1.75. The number of aliphatic imine (C=N–C) groups is 1. The monoisotopic (exact) mass is 134 g/mol.